The van der Waals surface area contributed by atoms with Gasteiger partial charge in [-0.25, -0.2) is 4.79 Å². The molecule has 0 bridgehead atoms. The van der Waals surface area contributed by atoms with Crippen LogP contribution in [0.5, 0.6) is 0 Å². The zero-order valence-electron chi connectivity index (χ0n) is 13.7. The minimum atomic E-state index is -0.437. The quantitative estimate of drug-likeness (QED) is 0.731. The zero-order chi connectivity index (χ0) is 17.1. The number of hydrogen-bond donors (Lipinski definition) is 1. The molecule has 0 saturated carbocycles. The van der Waals surface area contributed by atoms with Gasteiger partial charge in [-0.3, -0.25) is 14.3 Å². The summed E-state index contributed by atoms with van der Waals surface area (Å²) in [5.74, 6) is -0.335. The molecule has 0 saturated heterocycles. The third-order valence-corrected chi connectivity index (χ3v) is 3.90. The number of nitrogens with zero attached hydrogens (tertiary/aromatic N) is 2. The Kier molecular flexibility index (Phi) is 4.46. The van der Waals surface area contributed by atoms with Crippen molar-refractivity contribution in [1.82, 2.24) is 14.5 Å². The van der Waals surface area contributed by atoms with E-state index in [-0.39, 0.29) is 18.1 Å². The molecular formula is C18H19N3O3. The number of nitrogens with one attached hydrogen (secondary N) is 1. The van der Waals surface area contributed by atoms with Crippen molar-refractivity contribution in [3.63, 3.8) is 0 Å². The predicted octanol–water partition coefficient (Wildman–Crippen LogP) is 2.58. The lowest BCUT2D eigenvalue weighted by atomic mass is 10.0. The van der Waals surface area contributed by atoms with Gasteiger partial charge in [0.1, 0.15) is 0 Å². The van der Waals surface area contributed by atoms with E-state index in [4.69, 9.17) is 4.74 Å². The first-order chi connectivity index (χ1) is 11.6. The van der Waals surface area contributed by atoms with E-state index in [0.29, 0.717) is 12.1 Å². The number of pyridine rings is 1. The van der Waals surface area contributed by atoms with E-state index >= 15 is 0 Å². The van der Waals surface area contributed by atoms with Gasteiger partial charge >= 0.3 is 11.7 Å². The summed E-state index contributed by atoms with van der Waals surface area (Å²) in [4.78, 5) is 31.6. The monoisotopic (exact) mass is 325 g/mol. The zero-order valence-corrected chi connectivity index (χ0v) is 13.7. The smallest absolute Gasteiger partial charge is 0.327 e. The summed E-state index contributed by atoms with van der Waals surface area (Å²) in [6, 6.07) is 10.9. The molecule has 3 aromatic rings. The minimum absolute atomic E-state index is 0.0894. The number of fused-ring (bicyclic) bond motifs is 1. The molecule has 6 nitrogen and oxygen atoms in total. The number of benzene rings is 1. The second-order valence-corrected chi connectivity index (χ2v) is 5.58. The van der Waals surface area contributed by atoms with Crippen molar-refractivity contribution in [3.05, 3.63) is 64.3 Å². The van der Waals surface area contributed by atoms with Gasteiger partial charge in [-0.2, -0.15) is 0 Å². The van der Waals surface area contributed by atoms with Crippen LogP contribution >= 0.6 is 0 Å². The Labute approximate surface area is 139 Å². The van der Waals surface area contributed by atoms with Crippen LogP contribution in [0.2, 0.25) is 0 Å². The summed E-state index contributed by atoms with van der Waals surface area (Å²) in [5, 5.41) is 0. The van der Waals surface area contributed by atoms with Gasteiger partial charge in [0.25, 0.3) is 0 Å². The maximum atomic E-state index is 12.5. The summed E-state index contributed by atoms with van der Waals surface area (Å²) < 4.78 is 6.70. The lowest BCUT2D eigenvalue weighted by molar-refractivity contribution is -0.143. The molecule has 1 N–H and O–H groups in total. The molecule has 1 atom stereocenters. The Balaban J connectivity index is 2.15. The van der Waals surface area contributed by atoms with Crippen LogP contribution in [0.15, 0.2) is 47.4 Å². The maximum Gasteiger partial charge on any atom is 0.327 e. The van der Waals surface area contributed by atoms with Crippen LogP contribution in [0.4, 0.5) is 0 Å². The lowest BCUT2D eigenvalue weighted by Gasteiger charge is -2.18. The largest absolute Gasteiger partial charge is 0.466 e. The van der Waals surface area contributed by atoms with Gasteiger partial charge in [0.2, 0.25) is 0 Å². The molecular weight excluding hydrogens is 306 g/mol. The van der Waals surface area contributed by atoms with Crippen LogP contribution in [0.3, 0.4) is 0 Å². The van der Waals surface area contributed by atoms with Gasteiger partial charge in [-0.05, 0) is 25.5 Å². The summed E-state index contributed by atoms with van der Waals surface area (Å²) in [6.45, 7) is 3.94. The van der Waals surface area contributed by atoms with Gasteiger partial charge in [-0.1, -0.05) is 30.3 Å². The van der Waals surface area contributed by atoms with E-state index < -0.39 is 6.04 Å². The van der Waals surface area contributed by atoms with Crippen LogP contribution in [-0.4, -0.2) is 27.1 Å². The number of aryl methyl sites for hydroxylation is 1. The highest BCUT2D eigenvalue weighted by molar-refractivity contribution is 5.76. The van der Waals surface area contributed by atoms with E-state index in [0.717, 1.165) is 16.8 Å². The van der Waals surface area contributed by atoms with E-state index in [1.54, 1.807) is 17.7 Å². The average molecular weight is 325 g/mol. The van der Waals surface area contributed by atoms with E-state index in [2.05, 4.69) is 9.97 Å². The standard InChI is InChI=1S/C18H19N3O3/c1-3-24-17(22)10-15(13-7-5-4-6-8-13)21-16-9-12(2)19-11-14(16)20-18(21)23/h4-9,11,15H,3,10H2,1-2H3,(H,20,23). The van der Waals surface area contributed by atoms with Crippen LogP contribution in [0, 0.1) is 6.92 Å². The molecule has 3 rings (SSSR count). The molecule has 6 heteroatoms. The number of carbonyl (C=O) groups excluding carboxylic acids is 1. The molecule has 1 aromatic carbocycles. The topological polar surface area (TPSA) is 77.0 Å². The molecule has 24 heavy (non-hydrogen) atoms. The number of esters is 1. The Morgan fingerprint density at radius 3 is 2.79 bits per heavy atom. The number of aromatic nitrogens is 3. The summed E-state index contributed by atoms with van der Waals surface area (Å²) in [5.41, 5.74) is 2.79. The Morgan fingerprint density at radius 2 is 2.08 bits per heavy atom. The fourth-order valence-corrected chi connectivity index (χ4v) is 2.85. The van der Waals surface area contributed by atoms with Crippen molar-refractivity contribution in [3.8, 4) is 0 Å². The molecule has 0 amide bonds. The number of carbonyl (C=O) groups is 1. The minimum Gasteiger partial charge on any atom is -0.466 e. The Morgan fingerprint density at radius 1 is 1.33 bits per heavy atom. The van der Waals surface area contributed by atoms with Crippen molar-refractivity contribution in [2.24, 2.45) is 0 Å². The van der Waals surface area contributed by atoms with Gasteiger partial charge in [0.15, 0.2) is 0 Å². The molecule has 2 heterocycles. The van der Waals surface area contributed by atoms with Crippen molar-refractivity contribution in [2.45, 2.75) is 26.3 Å². The SMILES string of the molecule is CCOC(=O)CC(c1ccccc1)n1c(=O)[nH]c2cnc(C)cc21. The van der Waals surface area contributed by atoms with Crippen LogP contribution in [-0.2, 0) is 9.53 Å². The predicted molar refractivity (Wildman–Crippen MR) is 90.9 cm³/mol. The normalized spacial score (nSPS) is 12.2. The Bertz CT molecular complexity index is 912. The van der Waals surface area contributed by atoms with Crippen molar-refractivity contribution < 1.29 is 9.53 Å². The van der Waals surface area contributed by atoms with Crippen molar-refractivity contribution in [2.75, 3.05) is 6.61 Å². The highest BCUT2D eigenvalue weighted by Gasteiger charge is 2.23. The average Bonchev–Trinajstić information content (AvgIpc) is 2.89. The molecule has 2 aromatic heterocycles. The molecule has 0 fully saturated rings. The van der Waals surface area contributed by atoms with Crippen molar-refractivity contribution in [1.29, 1.82) is 0 Å². The molecule has 0 radical (unpaired) electrons. The molecule has 124 valence electrons. The molecule has 0 aliphatic heterocycles. The summed E-state index contributed by atoms with van der Waals surface area (Å²) in [7, 11) is 0. The number of rotatable bonds is 5. The summed E-state index contributed by atoms with van der Waals surface area (Å²) >= 11 is 0. The third kappa shape index (κ3) is 3.08. The summed E-state index contributed by atoms with van der Waals surface area (Å²) in [6.07, 6.45) is 1.72. The second-order valence-electron chi connectivity index (χ2n) is 5.58. The van der Waals surface area contributed by atoms with Gasteiger partial charge in [0.05, 0.1) is 36.3 Å². The lowest BCUT2D eigenvalue weighted by Crippen LogP contribution is -2.26. The first kappa shape index (κ1) is 16.0. The van der Waals surface area contributed by atoms with E-state index in [1.165, 1.54) is 0 Å². The highest BCUT2D eigenvalue weighted by atomic mass is 16.5. The number of ether oxygens (including phenoxy) is 1. The first-order valence-electron chi connectivity index (χ1n) is 7.87. The fourth-order valence-electron chi connectivity index (χ4n) is 2.85. The third-order valence-electron chi connectivity index (χ3n) is 3.90. The highest BCUT2D eigenvalue weighted by Crippen LogP contribution is 2.25. The molecule has 1 unspecified atom stereocenters. The number of hydrogen-bond acceptors (Lipinski definition) is 4. The van der Waals surface area contributed by atoms with Crippen LogP contribution in [0.25, 0.3) is 11.0 Å². The molecule has 0 spiro atoms. The van der Waals surface area contributed by atoms with E-state index in [9.17, 15) is 9.59 Å². The fraction of sp³-hybridized carbons (Fsp3) is 0.278. The van der Waals surface area contributed by atoms with Crippen LogP contribution in [0.1, 0.15) is 30.6 Å². The maximum absolute atomic E-state index is 12.5. The Hall–Kier alpha value is -2.89. The second kappa shape index (κ2) is 6.70. The number of H-pyrrole nitrogens is 1. The van der Waals surface area contributed by atoms with Crippen molar-refractivity contribution >= 4 is 17.0 Å². The van der Waals surface area contributed by atoms with Gasteiger partial charge in [-0.15, -0.1) is 0 Å². The van der Waals surface area contributed by atoms with E-state index in [1.807, 2.05) is 43.3 Å². The molecule has 0 aliphatic carbocycles. The number of imidazole rings is 1. The molecule has 0 aliphatic rings. The number of aromatic amines is 1. The van der Waals surface area contributed by atoms with Gasteiger partial charge in [0, 0.05) is 5.69 Å². The van der Waals surface area contributed by atoms with Crippen LogP contribution < -0.4 is 5.69 Å². The van der Waals surface area contributed by atoms with Gasteiger partial charge < -0.3 is 9.72 Å². The first-order valence-corrected chi connectivity index (χ1v) is 7.87.